The van der Waals surface area contributed by atoms with Gasteiger partial charge in [-0.05, 0) is 31.9 Å². The highest BCUT2D eigenvalue weighted by molar-refractivity contribution is 5.97. The first kappa shape index (κ1) is 18.1. The Morgan fingerprint density at radius 3 is 2.70 bits per heavy atom. The summed E-state index contributed by atoms with van der Waals surface area (Å²) in [6, 6.07) is 7.82. The minimum atomic E-state index is -0.516. The molecule has 5 nitrogen and oxygen atoms in total. The number of piperazine rings is 1. The predicted molar refractivity (Wildman–Crippen MR) is 106 cm³/mol. The number of amides is 2. The lowest BCUT2D eigenvalue weighted by Gasteiger charge is -2.51. The Morgan fingerprint density at radius 1 is 1.15 bits per heavy atom. The van der Waals surface area contributed by atoms with E-state index in [1.54, 1.807) is 4.90 Å². The molecule has 1 N–H and O–H groups in total. The zero-order valence-electron chi connectivity index (χ0n) is 16.5. The van der Waals surface area contributed by atoms with E-state index in [9.17, 15) is 9.59 Å². The lowest BCUT2D eigenvalue weighted by atomic mass is 9.82. The third-order valence-corrected chi connectivity index (χ3v) is 6.21. The highest BCUT2D eigenvalue weighted by atomic mass is 16.2. The summed E-state index contributed by atoms with van der Waals surface area (Å²) in [5, 5.41) is 1.17. The van der Waals surface area contributed by atoms with Crippen molar-refractivity contribution in [1.82, 2.24) is 14.8 Å². The van der Waals surface area contributed by atoms with E-state index >= 15 is 0 Å². The number of unbranched alkanes of at least 4 members (excludes halogenated alkanes) is 3. The number of nitrogens with zero attached hydrogens (tertiary/aromatic N) is 2. The first-order chi connectivity index (χ1) is 12.9. The molecule has 1 aromatic heterocycles. The van der Waals surface area contributed by atoms with E-state index < -0.39 is 5.54 Å². The van der Waals surface area contributed by atoms with Gasteiger partial charge in [-0.25, -0.2) is 0 Å². The first-order valence-corrected chi connectivity index (χ1v) is 10.2. The van der Waals surface area contributed by atoms with Crippen LogP contribution in [0.15, 0.2) is 24.3 Å². The molecule has 2 aliphatic heterocycles. The quantitative estimate of drug-likeness (QED) is 0.821. The molecular weight excluding hydrogens is 338 g/mol. The molecule has 27 heavy (non-hydrogen) atoms. The fraction of sp³-hybridized carbons (Fsp3) is 0.545. The zero-order valence-corrected chi connectivity index (χ0v) is 16.5. The van der Waals surface area contributed by atoms with Crippen molar-refractivity contribution in [3.05, 3.63) is 35.5 Å². The van der Waals surface area contributed by atoms with Crippen LogP contribution in [0.4, 0.5) is 0 Å². The number of carbonyl (C=O) groups is 2. The number of hydrogen-bond donors (Lipinski definition) is 1. The maximum atomic E-state index is 13.2. The molecular formula is C22H29N3O2. The van der Waals surface area contributed by atoms with Gasteiger partial charge in [-0.1, -0.05) is 44.4 Å². The van der Waals surface area contributed by atoms with Crippen LogP contribution in [0.3, 0.4) is 0 Å². The van der Waals surface area contributed by atoms with Crippen molar-refractivity contribution >= 4 is 22.7 Å². The number of fused-ring (bicyclic) bond motifs is 4. The average Bonchev–Trinajstić information content (AvgIpc) is 3.02. The third-order valence-electron chi connectivity index (χ3n) is 6.21. The van der Waals surface area contributed by atoms with Crippen molar-refractivity contribution in [3.8, 4) is 0 Å². The molecule has 0 saturated carbocycles. The lowest BCUT2D eigenvalue weighted by molar-refractivity contribution is -0.163. The van der Waals surface area contributed by atoms with E-state index in [1.807, 2.05) is 17.0 Å². The molecule has 4 rings (SSSR count). The van der Waals surface area contributed by atoms with Gasteiger partial charge in [0, 0.05) is 29.6 Å². The predicted octanol–water partition coefficient (Wildman–Crippen LogP) is 3.58. The summed E-state index contributed by atoms with van der Waals surface area (Å²) in [5.41, 5.74) is 2.81. The average molecular weight is 367 g/mol. The summed E-state index contributed by atoms with van der Waals surface area (Å²) in [7, 11) is 0. The Bertz CT molecular complexity index is 883. The van der Waals surface area contributed by atoms with Crippen LogP contribution in [0.25, 0.3) is 10.9 Å². The van der Waals surface area contributed by atoms with Crippen molar-refractivity contribution in [2.45, 2.75) is 64.5 Å². The molecule has 0 radical (unpaired) electrons. The number of hydrogen-bond acceptors (Lipinski definition) is 2. The van der Waals surface area contributed by atoms with Gasteiger partial charge < -0.3 is 14.8 Å². The molecule has 1 atom stereocenters. The van der Waals surface area contributed by atoms with E-state index in [-0.39, 0.29) is 24.4 Å². The van der Waals surface area contributed by atoms with Crippen LogP contribution in [0, 0.1) is 0 Å². The van der Waals surface area contributed by atoms with Crippen LogP contribution in [0.5, 0.6) is 0 Å². The van der Waals surface area contributed by atoms with Crippen LogP contribution < -0.4 is 0 Å². The molecule has 5 heteroatoms. The summed E-state index contributed by atoms with van der Waals surface area (Å²) in [6.07, 6.45) is 5.03. The molecule has 0 aliphatic carbocycles. The fourth-order valence-corrected chi connectivity index (χ4v) is 4.86. The standard InChI is InChI=1S/C22H29N3O2/c1-4-5-6-9-12-24-14-19(26)25-18(21(24)27)13-16-15-10-7-8-11-17(15)23-20(16)22(25,2)3/h7-8,10-11,18,23H,4-6,9,12-14H2,1-3H3/t18-/m0/s1. The maximum Gasteiger partial charge on any atom is 0.246 e. The van der Waals surface area contributed by atoms with Gasteiger partial charge in [0.2, 0.25) is 11.8 Å². The largest absolute Gasteiger partial charge is 0.356 e. The Kier molecular flexibility index (Phi) is 4.49. The molecule has 2 amide bonds. The normalized spacial score (nSPS) is 21.5. The Balaban J connectivity index is 1.67. The molecule has 1 saturated heterocycles. The van der Waals surface area contributed by atoms with Crippen LogP contribution in [-0.4, -0.2) is 45.7 Å². The van der Waals surface area contributed by atoms with Gasteiger partial charge >= 0.3 is 0 Å². The molecule has 0 unspecified atom stereocenters. The number of nitrogens with one attached hydrogen (secondary N) is 1. The summed E-state index contributed by atoms with van der Waals surface area (Å²) >= 11 is 0. The molecule has 2 aromatic rings. The van der Waals surface area contributed by atoms with Gasteiger partial charge in [-0.15, -0.1) is 0 Å². The zero-order chi connectivity index (χ0) is 19.2. The Labute approximate surface area is 160 Å². The minimum absolute atomic E-state index is 0.0596. The Hall–Kier alpha value is -2.30. The number of carbonyl (C=O) groups excluding carboxylic acids is 2. The topological polar surface area (TPSA) is 56.4 Å². The smallest absolute Gasteiger partial charge is 0.246 e. The van der Waals surface area contributed by atoms with Crippen LogP contribution >= 0.6 is 0 Å². The van der Waals surface area contributed by atoms with Gasteiger partial charge in [0.25, 0.3) is 0 Å². The van der Waals surface area contributed by atoms with E-state index in [1.165, 1.54) is 23.8 Å². The van der Waals surface area contributed by atoms with Gasteiger partial charge in [0.15, 0.2) is 0 Å². The fourth-order valence-electron chi connectivity index (χ4n) is 4.86. The van der Waals surface area contributed by atoms with Crippen LogP contribution in [0.2, 0.25) is 0 Å². The molecule has 1 aromatic carbocycles. The summed E-state index contributed by atoms with van der Waals surface area (Å²) in [4.78, 5) is 33.4. The van der Waals surface area contributed by atoms with E-state index in [2.05, 4.69) is 37.9 Å². The monoisotopic (exact) mass is 367 g/mol. The summed E-state index contributed by atoms with van der Waals surface area (Å²) in [5.74, 6) is 0.166. The maximum absolute atomic E-state index is 13.2. The first-order valence-electron chi connectivity index (χ1n) is 10.2. The third kappa shape index (κ3) is 2.84. The van der Waals surface area contributed by atoms with Crippen molar-refractivity contribution in [2.24, 2.45) is 0 Å². The lowest BCUT2D eigenvalue weighted by Crippen LogP contribution is -2.67. The van der Waals surface area contributed by atoms with Crippen molar-refractivity contribution in [3.63, 3.8) is 0 Å². The number of benzene rings is 1. The minimum Gasteiger partial charge on any atom is -0.356 e. The van der Waals surface area contributed by atoms with Gasteiger partial charge in [0.1, 0.15) is 6.04 Å². The van der Waals surface area contributed by atoms with Crippen LogP contribution in [-0.2, 0) is 21.5 Å². The van der Waals surface area contributed by atoms with Gasteiger partial charge in [-0.3, -0.25) is 9.59 Å². The highest BCUT2D eigenvalue weighted by Gasteiger charge is 2.51. The second kappa shape index (κ2) is 6.70. The summed E-state index contributed by atoms with van der Waals surface area (Å²) in [6.45, 7) is 7.18. The van der Waals surface area contributed by atoms with E-state index in [0.29, 0.717) is 13.0 Å². The van der Waals surface area contributed by atoms with Gasteiger partial charge in [-0.2, -0.15) is 0 Å². The SMILES string of the molecule is CCCCCCN1CC(=O)N2[C@@H](Cc3c([nH]c4ccccc34)C2(C)C)C1=O. The molecule has 3 heterocycles. The number of rotatable bonds is 5. The van der Waals surface area contributed by atoms with E-state index in [0.717, 1.165) is 24.1 Å². The molecule has 0 bridgehead atoms. The molecule has 1 fully saturated rings. The second-order valence-electron chi connectivity index (χ2n) is 8.39. The number of aromatic amines is 1. The van der Waals surface area contributed by atoms with Crippen molar-refractivity contribution < 1.29 is 9.59 Å². The number of aromatic nitrogens is 1. The molecule has 2 aliphatic rings. The van der Waals surface area contributed by atoms with Crippen molar-refractivity contribution in [2.75, 3.05) is 13.1 Å². The van der Waals surface area contributed by atoms with Crippen LogP contribution in [0.1, 0.15) is 57.7 Å². The molecule has 0 spiro atoms. The van der Waals surface area contributed by atoms with E-state index in [4.69, 9.17) is 0 Å². The van der Waals surface area contributed by atoms with Crippen molar-refractivity contribution in [1.29, 1.82) is 0 Å². The number of H-pyrrole nitrogens is 1. The molecule has 144 valence electrons. The number of para-hydroxylation sites is 1. The second-order valence-corrected chi connectivity index (χ2v) is 8.39. The highest BCUT2D eigenvalue weighted by Crippen LogP contribution is 2.42. The van der Waals surface area contributed by atoms with Gasteiger partial charge in [0.05, 0.1) is 12.1 Å². The summed E-state index contributed by atoms with van der Waals surface area (Å²) < 4.78 is 0. The Morgan fingerprint density at radius 2 is 1.93 bits per heavy atom.